The number of hydrogen-bond donors (Lipinski definition) is 2. The van der Waals surface area contributed by atoms with Gasteiger partial charge in [-0.25, -0.2) is 4.79 Å². The second-order valence-electron chi connectivity index (χ2n) is 5.90. The molecule has 4 aliphatic rings. The van der Waals surface area contributed by atoms with Gasteiger partial charge in [0.15, 0.2) is 0 Å². The van der Waals surface area contributed by atoms with Crippen LogP contribution < -0.4 is 0 Å². The number of aliphatic hydroxyl groups excluding tert-OH is 1. The summed E-state index contributed by atoms with van der Waals surface area (Å²) in [6.45, 7) is 3.77. The molecule has 0 radical (unpaired) electrons. The van der Waals surface area contributed by atoms with Gasteiger partial charge in [-0.05, 0) is 12.8 Å². The summed E-state index contributed by atoms with van der Waals surface area (Å²) in [6, 6.07) is 0. The van der Waals surface area contributed by atoms with Crippen molar-refractivity contribution in [1.82, 2.24) is 4.90 Å². The van der Waals surface area contributed by atoms with Crippen molar-refractivity contribution in [3.8, 4) is 0 Å². The average Bonchev–Trinajstić information content (AvgIpc) is 2.80. The summed E-state index contributed by atoms with van der Waals surface area (Å²) in [6.07, 6.45) is 1.58. The van der Waals surface area contributed by atoms with E-state index in [2.05, 4.69) is 6.58 Å². The Morgan fingerprint density at radius 1 is 1.40 bits per heavy atom. The van der Waals surface area contributed by atoms with Gasteiger partial charge in [0.25, 0.3) is 0 Å². The van der Waals surface area contributed by atoms with Gasteiger partial charge >= 0.3 is 12.1 Å². The van der Waals surface area contributed by atoms with Gasteiger partial charge in [-0.2, -0.15) is 0 Å². The third-order valence-corrected chi connectivity index (χ3v) is 4.70. The van der Waals surface area contributed by atoms with Crippen molar-refractivity contribution in [1.29, 1.82) is 0 Å². The van der Waals surface area contributed by atoms with Crippen molar-refractivity contribution < 1.29 is 29.3 Å². The zero-order valence-electron chi connectivity index (χ0n) is 11.0. The van der Waals surface area contributed by atoms with Crippen LogP contribution in [0.15, 0.2) is 12.7 Å². The van der Waals surface area contributed by atoms with Crippen molar-refractivity contribution >= 4 is 12.1 Å². The molecule has 4 fully saturated rings. The van der Waals surface area contributed by atoms with Crippen LogP contribution in [0.25, 0.3) is 0 Å². The Kier molecular flexibility index (Phi) is 2.65. The number of ether oxygens (including phenoxy) is 2. The summed E-state index contributed by atoms with van der Waals surface area (Å²) >= 11 is 0. The summed E-state index contributed by atoms with van der Waals surface area (Å²) in [5.74, 6) is -0.918. The van der Waals surface area contributed by atoms with Gasteiger partial charge in [0.1, 0.15) is 17.6 Å². The minimum Gasteiger partial charge on any atom is -0.481 e. The molecule has 20 heavy (non-hydrogen) atoms. The number of aliphatic carboxylic acids is 1. The van der Waals surface area contributed by atoms with E-state index in [0.717, 1.165) is 0 Å². The molecule has 1 aliphatic carbocycles. The number of carboxylic acid groups (broad SMARTS) is 1. The molecule has 110 valence electrons. The molecule has 1 saturated carbocycles. The molecule has 0 aromatic rings. The van der Waals surface area contributed by atoms with Crippen molar-refractivity contribution in [3.63, 3.8) is 0 Å². The van der Waals surface area contributed by atoms with E-state index in [1.165, 1.54) is 11.0 Å². The smallest absolute Gasteiger partial charge is 0.410 e. The van der Waals surface area contributed by atoms with Crippen LogP contribution in [0.3, 0.4) is 0 Å². The molecular formula is C13H17NO6. The number of rotatable bonds is 4. The standard InChI is InChI=1S/C13H17NO6/c1-2-3-19-10(18)14-6-13(7-14)12(9(16)17)4-11(5-12,8-15)20-13/h2,15H,1,3-8H2,(H,16,17). The third kappa shape index (κ3) is 1.42. The van der Waals surface area contributed by atoms with Gasteiger partial charge in [-0.1, -0.05) is 12.7 Å². The van der Waals surface area contributed by atoms with E-state index in [0.29, 0.717) is 12.8 Å². The Bertz CT molecular complexity index is 475. The number of aliphatic hydroxyl groups is 1. The van der Waals surface area contributed by atoms with Gasteiger partial charge in [0, 0.05) is 0 Å². The predicted octanol–water partition coefficient (Wildman–Crippen LogP) is -0.0105. The topological polar surface area (TPSA) is 96.3 Å². The van der Waals surface area contributed by atoms with Gasteiger partial charge in [0.05, 0.1) is 25.3 Å². The lowest BCUT2D eigenvalue weighted by molar-refractivity contribution is -0.171. The largest absolute Gasteiger partial charge is 0.481 e. The number of nitrogens with zero attached hydrogens (tertiary/aromatic N) is 1. The van der Waals surface area contributed by atoms with E-state index >= 15 is 0 Å². The lowest BCUT2D eigenvalue weighted by Crippen LogP contribution is -2.70. The highest BCUT2D eigenvalue weighted by Crippen LogP contribution is 2.68. The first-order valence-corrected chi connectivity index (χ1v) is 6.50. The molecule has 0 unspecified atom stereocenters. The molecule has 1 amide bonds. The quantitative estimate of drug-likeness (QED) is 0.704. The zero-order chi connectivity index (χ0) is 14.6. The molecule has 2 bridgehead atoms. The van der Waals surface area contributed by atoms with Crippen LogP contribution in [0.2, 0.25) is 0 Å². The number of carbonyl (C=O) groups excluding carboxylic acids is 1. The van der Waals surface area contributed by atoms with Crippen molar-refractivity contribution in [2.45, 2.75) is 24.0 Å². The van der Waals surface area contributed by atoms with Gasteiger partial charge in [0.2, 0.25) is 0 Å². The van der Waals surface area contributed by atoms with Gasteiger partial charge < -0.3 is 24.6 Å². The molecule has 4 rings (SSSR count). The summed E-state index contributed by atoms with van der Waals surface area (Å²) in [7, 11) is 0. The van der Waals surface area contributed by atoms with Crippen LogP contribution in [0, 0.1) is 5.41 Å². The lowest BCUT2D eigenvalue weighted by Gasteiger charge is -2.52. The van der Waals surface area contributed by atoms with E-state index in [1.54, 1.807) is 0 Å². The van der Waals surface area contributed by atoms with E-state index in [-0.39, 0.29) is 26.3 Å². The molecule has 0 atom stereocenters. The highest BCUT2D eigenvalue weighted by atomic mass is 16.6. The zero-order valence-corrected chi connectivity index (χ0v) is 11.0. The maximum absolute atomic E-state index is 11.7. The molecule has 3 aliphatic heterocycles. The second-order valence-corrected chi connectivity index (χ2v) is 5.90. The number of hydrogen-bond acceptors (Lipinski definition) is 5. The normalized spacial score (nSPS) is 36.1. The lowest BCUT2D eigenvalue weighted by atomic mass is 9.54. The highest BCUT2D eigenvalue weighted by molar-refractivity contribution is 5.81. The first-order valence-electron chi connectivity index (χ1n) is 6.50. The van der Waals surface area contributed by atoms with Crippen LogP contribution in [-0.4, -0.2) is 64.7 Å². The number of carboxylic acids is 1. The van der Waals surface area contributed by atoms with Crippen LogP contribution >= 0.6 is 0 Å². The molecule has 2 N–H and O–H groups in total. The van der Waals surface area contributed by atoms with Crippen LogP contribution in [-0.2, 0) is 14.3 Å². The maximum Gasteiger partial charge on any atom is 0.410 e. The maximum atomic E-state index is 11.7. The molecular weight excluding hydrogens is 266 g/mol. The Morgan fingerprint density at radius 2 is 2.05 bits per heavy atom. The van der Waals surface area contributed by atoms with Crippen LogP contribution in [0.1, 0.15) is 12.8 Å². The molecule has 3 heterocycles. The summed E-state index contributed by atoms with van der Waals surface area (Å²) in [4.78, 5) is 24.7. The molecule has 7 nitrogen and oxygen atoms in total. The van der Waals surface area contributed by atoms with Crippen molar-refractivity contribution in [2.75, 3.05) is 26.3 Å². The fourth-order valence-electron chi connectivity index (χ4n) is 3.73. The van der Waals surface area contributed by atoms with Gasteiger partial charge in [-0.3, -0.25) is 4.79 Å². The summed E-state index contributed by atoms with van der Waals surface area (Å²) in [5.41, 5.74) is -2.60. The van der Waals surface area contributed by atoms with Crippen molar-refractivity contribution in [2.24, 2.45) is 5.41 Å². The highest BCUT2D eigenvalue weighted by Gasteiger charge is 2.81. The summed E-state index contributed by atoms with van der Waals surface area (Å²) in [5, 5.41) is 18.8. The third-order valence-electron chi connectivity index (χ3n) is 4.70. The Morgan fingerprint density at radius 3 is 2.55 bits per heavy atom. The molecule has 3 saturated heterocycles. The summed E-state index contributed by atoms with van der Waals surface area (Å²) < 4.78 is 10.8. The molecule has 0 aromatic heterocycles. The number of carbonyl (C=O) groups is 2. The van der Waals surface area contributed by atoms with Crippen molar-refractivity contribution in [3.05, 3.63) is 12.7 Å². The minimum atomic E-state index is -0.981. The van der Waals surface area contributed by atoms with E-state index in [4.69, 9.17) is 9.47 Å². The fourth-order valence-corrected chi connectivity index (χ4v) is 3.73. The fraction of sp³-hybridized carbons (Fsp3) is 0.692. The Balaban J connectivity index is 1.71. The average molecular weight is 283 g/mol. The monoisotopic (exact) mass is 283 g/mol. The first kappa shape index (κ1) is 13.4. The van der Waals surface area contributed by atoms with E-state index in [1.807, 2.05) is 0 Å². The first-order chi connectivity index (χ1) is 9.42. The van der Waals surface area contributed by atoms with Gasteiger partial charge in [-0.15, -0.1) is 0 Å². The SMILES string of the molecule is C=CCOC(=O)N1CC2(C1)OC1(CO)CC2(C(=O)O)C1. The molecule has 0 aromatic carbocycles. The van der Waals surface area contributed by atoms with E-state index < -0.39 is 28.7 Å². The van der Waals surface area contributed by atoms with Crippen LogP contribution in [0.4, 0.5) is 4.79 Å². The molecule has 1 spiro atoms. The Labute approximate surface area is 115 Å². The van der Waals surface area contributed by atoms with E-state index in [9.17, 15) is 19.8 Å². The predicted molar refractivity (Wildman–Crippen MR) is 66.1 cm³/mol. The minimum absolute atomic E-state index is 0.119. The molecule has 7 heteroatoms. The second kappa shape index (κ2) is 3.95. The van der Waals surface area contributed by atoms with Crippen LogP contribution in [0.5, 0.6) is 0 Å². The number of likely N-dealkylation sites (tertiary alicyclic amines) is 1. The number of amides is 1. The Hall–Kier alpha value is -1.60.